The molecule has 0 aromatic carbocycles. The smallest absolute Gasteiger partial charge is 0.360 e. The van der Waals surface area contributed by atoms with E-state index in [9.17, 15) is 13.2 Å². The van der Waals surface area contributed by atoms with Crippen molar-refractivity contribution in [1.82, 2.24) is 14.8 Å². The van der Waals surface area contributed by atoms with Crippen LogP contribution in [0.4, 0.5) is 13.2 Å². The topological polar surface area (TPSA) is 39.9 Å². The van der Waals surface area contributed by atoms with E-state index in [4.69, 9.17) is 4.74 Å². The first-order valence-electron chi connectivity index (χ1n) is 6.74. The SMILES string of the molecule is C[Si](C)(C)CCOCn1ncc2c(Br)cnc(C(F)(F)F)c21. The van der Waals surface area contributed by atoms with Crippen LogP contribution in [0.1, 0.15) is 5.69 Å². The molecule has 0 aliphatic heterocycles. The van der Waals surface area contributed by atoms with Gasteiger partial charge in [-0.1, -0.05) is 19.6 Å². The molecular weight excluding hydrogens is 379 g/mol. The van der Waals surface area contributed by atoms with Crippen LogP contribution in [0.2, 0.25) is 25.7 Å². The molecule has 0 N–H and O–H groups in total. The number of aromatic nitrogens is 3. The van der Waals surface area contributed by atoms with E-state index in [1.807, 2.05) is 0 Å². The fourth-order valence-corrected chi connectivity index (χ4v) is 3.05. The average molecular weight is 396 g/mol. The zero-order valence-corrected chi connectivity index (χ0v) is 15.1. The van der Waals surface area contributed by atoms with E-state index in [2.05, 4.69) is 45.7 Å². The lowest BCUT2D eigenvalue weighted by molar-refractivity contribution is -0.140. The summed E-state index contributed by atoms with van der Waals surface area (Å²) in [5.74, 6) is 0. The Morgan fingerprint density at radius 1 is 1.27 bits per heavy atom. The first-order valence-corrected chi connectivity index (χ1v) is 11.2. The summed E-state index contributed by atoms with van der Waals surface area (Å²) >= 11 is 3.20. The van der Waals surface area contributed by atoms with Crippen molar-refractivity contribution in [3.05, 3.63) is 22.6 Å². The van der Waals surface area contributed by atoms with Crippen LogP contribution >= 0.6 is 15.9 Å². The van der Waals surface area contributed by atoms with Crippen LogP contribution in [-0.2, 0) is 17.6 Å². The summed E-state index contributed by atoms with van der Waals surface area (Å²) in [5.41, 5.74) is -1.01. The number of hydrogen-bond donors (Lipinski definition) is 0. The maximum absolute atomic E-state index is 13.1. The maximum atomic E-state index is 13.1. The van der Waals surface area contributed by atoms with E-state index >= 15 is 0 Å². The highest BCUT2D eigenvalue weighted by molar-refractivity contribution is 9.10. The van der Waals surface area contributed by atoms with Gasteiger partial charge in [-0.3, -0.25) is 0 Å². The summed E-state index contributed by atoms with van der Waals surface area (Å²) in [5, 5.41) is 4.37. The predicted octanol–water partition coefficient (Wildman–Crippen LogP) is 4.52. The van der Waals surface area contributed by atoms with Crippen molar-refractivity contribution in [1.29, 1.82) is 0 Å². The van der Waals surface area contributed by atoms with Crippen molar-refractivity contribution >= 4 is 34.9 Å². The molecule has 0 saturated carbocycles. The molecule has 2 aromatic rings. The van der Waals surface area contributed by atoms with Crippen molar-refractivity contribution < 1.29 is 17.9 Å². The van der Waals surface area contributed by atoms with E-state index in [0.29, 0.717) is 16.5 Å². The van der Waals surface area contributed by atoms with Gasteiger partial charge in [0.1, 0.15) is 12.2 Å². The molecule has 0 unspecified atom stereocenters. The van der Waals surface area contributed by atoms with Gasteiger partial charge in [0.05, 0.1) is 6.20 Å². The first-order chi connectivity index (χ1) is 10.1. The Bertz CT molecular complexity index is 667. The largest absolute Gasteiger partial charge is 0.435 e. The van der Waals surface area contributed by atoms with Gasteiger partial charge in [0.25, 0.3) is 0 Å². The summed E-state index contributed by atoms with van der Waals surface area (Å²) in [4.78, 5) is 3.50. The third-order valence-electron chi connectivity index (χ3n) is 3.11. The highest BCUT2D eigenvalue weighted by atomic mass is 79.9. The lowest BCUT2D eigenvalue weighted by Gasteiger charge is -2.16. The van der Waals surface area contributed by atoms with Gasteiger partial charge >= 0.3 is 6.18 Å². The Labute approximate surface area is 135 Å². The van der Waals surface area contributed by atoms with Crippen LogP contribution in [0, 0.1) is 0 Å². The molecule has 0 bridgehead atoms. The molecule has 0 atom stereocenters. The summed E-state index contributed by atoms with van der Waals surface area (Å²) < 4.78 is 46.5. The Morgan fingerprint density at radius 3 is 2.55 bits per heavy atom. The molecule has 2 aromatic heterocycles. The van der Waals surface area contributed by atoms with Crippen molar-refractivity contribution in [3.63, 3.8) is 0 Å². The van der Waals surface area contributed by atoms with Crippen molar-refractivity contribution in [3.8, 4) is 0 Å². The van der Waals surface area contributed by atoms with Gasteiger partial charge in [-0.2, -0.15) is 18.3 Å². The van der Waals surface area contributed by atoms with Gasteiger partial charge in [0.15, 0.2) is 5.69 Å². The maximum Gasteiger partial charge on any atom is 0.435 e. The second-order valence-electron chi connectivity index (χ2n) is 6.21. The average Bonchev–Trinajstić information content (AvgIpc) is 2.77. The fourth-order valence-electron chi connectivity index (χ4n) is 1.90. The van der Waals surface area contributed by atoms with Crippen LogP contribution in [0.5, 0.6) is 0 Å². The molecule has 0 radical (unpaired) electrons. The van der Waals surface area contributed by atoms with Crippen LogP contribution in [0.15, 0.2) is 16.9 Å². The number of fused-ring (bicyclic) bond motifs is 1. The molecule has 2 heterocycles. The van der Waals surface area contributed by atoms with Crippen LogP contribution < -0.4 is 0 Å². The highest BCUT2D eigenvalue weighted by Crippen LogP contribution is 2.35. The third-order valence-corrected chi connectivity index (χ3v) is 5.44. The molecule has 0 aliphatic carbocycles. The molecule has 122 valence electrons. The third kappa shape index (κ3) is 4.08. The van der Waals surface area contributed by atoms with Crippen molar-refractivity contribution in [2.24, 2.45) is 0 Å². The van der Waals surface area contributed by atoms with E-state index in [0.717, 1.165) is 12.2 Å². The summed E-state index contributed by atoms with van der Waals surface area (Å²) in [6, 6.07) is 0.945. The number of rotatable bonds is 5. The molecule has 0 spiro atoms. The van der Waals surface area contributed by atoms with Gasteiger partial charge in [0, 0.05) is 30.7 Å². The predicted molar refractivity (Wildman–Crippen MR) is 84.3 cm³/mol. The second kappa shape index (κ2) is 6.29. The molecule has 4 nitrogen and oxygen atoms in total. The van der Waals surface area contributed by atoms with E-state index in [1.165, 1.54) is 10.9 Å². The minimum atomic E-state index is -4.53. The highest BCUT2D eigenvalue weighted by Gasteiger charge is 2.36. The molecule has 22 heavy (non-hydrogen) atoms. The summed E-state index contributed by atoms with van der Waals surface area (Å²) in [7, 11) is -1.24. The Kier molecular flexibility index (Phi) is 4.98. The standard InChI is InChI=1S/C13H17BrF3N3OSi/c1-22(2,3)5-4-21-8-20-11-9(6-19-20)10(14)7-18-12(11)13(15,16)17/h6-7H,4-5,8H2,1-3H3. The van der Waals surface area contributed by atoms with E-state index in [-0.39, 0.29) is 12.2 Å². The van der Waals surface area contributed by atoms with Gasteiger partial charge in [-0.05, 0) is 22.0 Å². The van der Waals surface area contributed by atoms with Gasteiger partial charge in [-0.25, -0.2) is 9.67 Å². The Morgan fingerprint density at radius 2 is 1.95 bits per heavy atom. The fraction of sp³-hybridized carbons (Fsp3) is 0.538. The number of halogens is 4. The van der Waals surface area contributed by atoms with Gasteiger partial charge in [0.2, 0.25) is 0 Å². The van der Waals surface area contributed by atoms with E-state index < -0.39 is 19.9 Å². The molecule has 0 amide bonds. The molecule has 9 heteroatoms. The number of hydrogen-bond acceptors (Lipinski definition) is 3. The Balaban J connectivity index is 2.26. The monoisotopic (exact) mass is 395 g/mol. The number of nitrogens with zero attached hydrogens (tertiary/aromatic N) is 3. The number of pyridine rings is 1. The molecule has 0 aliphatic rings. The van der Waals surface area contributed by atoms with Crippen molar-refractivity contribution in [2.45, 2.75) is 38.6 Å². The summed E-state index contributed by atoms with van der Waals surface area (Å²) in [6.45, 7) is 7.13. The first kappa shape index (κ1) is 17.4. The molecule has 2 rings (SSSR count). The summed E-state index contributed by atoms with van der Waals surface area (Å²) in [6.07, 6.45) is -2.00. The van der Waals surface area contributed by atoms with E-state index in [1.54, 1.807) is 0 Å². The van der Waals surface area contributed by atoms with Crippen LogP contribution in [0.25, 0.3) is 10.9 Å². The van der Waals surface area contributed by atoms with Crippen molar-refractivity contribution in [2.75, 3.05) is 6.61 Å². The van der Waals surface area contributed by atoms with Crippen LogP contribution in [-0.4, -0.2) is 29.4 Å². The zero-order valence-electron chi connectivity index (χ0n) is 12.5. The molecule has 0 fully saturated rings. The number of alkyl halides is 3. The number of ether oxygens (including phenoxy) is 1. The van der Waals surface area contributed by atoms with Gasteiger partial charge < -0.3 is 4.74 Å². The molecule has 0 saturated heterocycles. The molecular formula is C13H17BrF3N3OSi. The minimum Gasteiger partial charge on any atom is -0.360 e. The lowest BCUT2D eigenvalue weighted by atomic mass is 10.2. The van der Waals surface area contributed by atoms with Gasteiger partial charge in [-0.15, -0.1) is 0 Å². The quantitative estimate of drug-likeness (QED) is 0.551. The Hall–Kier alpha value is -0.933. The lowest BCUT2D eigenvalue weighted by Crippen LogP contribution is -2.22. The normalized spacial score (nSPS) is 13.0. The second-order valence-corrected chi connectivity index (χ2v) is 12.7. The minimum absolute atomic E-state index is 0.0187. The zero-order chi connectivity index (χ0) is 16.5. The van der Waals surface area contributed by atoms with Crippen LogP contribution in [0.3, 0.4) is 0 Å².